The lowest BCUT2D eigenvalue weighted by molar-refractivity contribution is 0.0551. The van der Waals surface area contributed by atoms with Gasteiger partial charge in [0, 0.05) is 18.7 Å². The number of benzene rings is 1. The minimum absolute atomic E-state index is 0.531. The summed E-state index contributed by atoms with van der Waals surface area (Å²) in [5.41, 5.74) is 3.01. The molecular formula is C22H34N2O2. The maximum absolute atomic E-state index is 5.85. The number of ether oxygens (including phenoxy) is 2. The standard InChI is InChI=1S/C22H34N2O2/c1-4-7-19-14-18(15-20(25-3)21(19)26-5-2)16-24-13-6-8-22(17-24)9-11-23-12-10-22/h4,14-15,23H,1,5-13,16-17H2,2-3H3. The number of hydrogen-bond donors (Lipinski definition) is 1. The molecule has 1 aromatic carbocycles. The summed E-state index contributed by atoms with van der Waals surface area (Å²) in [5, 5.41) is 3.52. The minimum atomic E-state index is 0.531. The Hall–Kier alpha value is -1.52. The highest BCUT2D eigenvalue weighted by Crippen LogP contribution is 2.39. The summed E-state index contributed by atoms with van der Waals surface area (Å²) in [6, 6.07) is 4.43. The molecule has 2 heterocycles. The maximum atomic E-state index is 5.85. The monoisotopic (exact) mass is 358 g/mol. The highest BCUT2D eigenvalue weighted by atomic mass is 16.5. The van der Waals surface area contributed by atoms with Gasteiger partial charge in [0.25, 0.3) is 0 Å². The van der Waals surface area contributed by atoms with Crippen molar-refractivity contribution in [1.82, 2.24) is 10.2 Å². The Morgan fingerprint density at radius 1 is 1.27 bits per heavy atom. The maximum Gasteiger partial charge on any atom is 0.164 e. The van der Waals surface area contributed by atoms with Crippen molar-refractivity contribution in [2.45, 2.75) is 45.6 Å². The van der Waals surface area contributed by atoms with Crippen LogP contribution in [0, 0.1) is 5.41 Å². The molecule has 0 unspecified atom stereocenters. The number of nitrogens with one attached hydrogen (secondary N) is 1. The Morgan fingerprint density at radius 3 is 2.77 bits per heavy atom. The molecule has 0 bridgehead atoms. The highest BCUT2D eigenvalue weighted by Gasteiger charge is 2.36. The van der Waals surface area contributed by atoms with E-state index in [1.54, 1.807) is 7.11 Å². The van der Waals surface area contributed by atoms with E-state index in [2.05, 4.69) is 28.9 Å². The van der Waals surface area contributed by atoms with Crippen LogP contribution in [-0.2, 0) is 13.0 Å². The van der Waals surface area contributed by atoms with E-state index in [0.717, 1.165) is 24.5 Å². The van der Waals surface area contributed by atoms with E-state index in [-0.39, 0.29) is 0 Å². The zero-order chi connectivity index (χ0) is 18.4. The quantitative estimate of drug-likeness (QED) is 0.752. The van der Waals surface area contributed by atoms with Crippen molar-refractivity contribution in [3.63, 3.8) is 0 Å². The second-order valence-corrected chi connectivity index (χ2v) is 7.78. The van der Waals surface area contributed by atoms with Crippen LogP contribution in [0.4, 0.5) is 0 Å². The molecule has 0 atom stereocenters. The predicted molar refractivity (Wildman–Crippen MR) is 107 cm³/mol. The van der Waals surface area contributed by atoms with Crippen molar-refractivity contribution in [3.8, 4) is 11.5 Å². The topological polar surface area (TPSA) is 33.7 Å². The first-order valence-electron chi connectivity index (χ1n) is 10.1. The molecule has 2 fully saturated rings. The average molecular weight is 359 g/mol. The van der Waals surface area contributed by atoms with E-state index in [0.29, 0.717) is 12.0 Å². The van der Waals surface area contributed by atoms with E-state index < -0.39 is 0 Å². The molecule has 26 heavy (non-hydrogen) atoms. The largest absolute Gasteiger partial charge is 0.493 e. The third-order valence-electron chi connectivity index (χ3n) is 5.88. The van der Waals surface area contributed by atoms with Crippen LogP contribution in [0.1, 0.15) is 43.7 Å². The number of methoxy groups -OCH3 is 1. The molecule has 2 saturated heterocycles. The molecule has 1 aromatic rings. The normalized spacial score (nSPS) is 20.1. The van der Waals surface area contributed by atoms with Gasteiger partial charge in [-0.1, -0.05) is 12.1 Å². The summed E-state index contributed by atoms with van der Waals surface area (Å²) in [6.45, 7) is 12.3. The van der Waals surface area contributed by atoms with Crippen molar-refractivity contribution in [3.05, 3.63) is 35.9 Å². The van der Waals surface area contributed by atoms with Crippen molar-refractivity contribution < 1.29 is 9.47 Å². The van der Waals surface area contributed by atoms with E-state index in [9.17, 15) is 0 Å². The third-order valence-corrected chi connectivity index (χ3v) is 5.88. The molecule has 1 N–H and O–H groups in total. The molecule has 3 rings (SSSR count). The smallest absolute Gasteiger partial charge is 0.164 e. The molecule has 0 amide bonds. The van der Waals surface area contributed by atoms with Gasteiger partial charge in [0.15, 0.2) is 11.5 Å². The van der Waals surface area contributed by atoms with Crippen LogP contribution in [0.3, 0.4) is 0 Å². The van der Waals surface area contributed by atoms with Gasteiger partial charge in [0.1, 0.15) is 0 Å². The Labute approximate surface area is 158 Å². The zero-order valence-corrected chi connectivity index (χ0v) is 16.5. The van der Waals surface area contributed by atoms with Gasteiger partial charge in [-0.2, -0.15) is 0 Å². The van der Waals surface area contributed by atoms with Crippen LogP contribution in [0.25, 0.3) is 0 Å². The molecular weight excluding hydrogens is 324 g/mol. The molecule has 4 nitrogen and oxygen atoms in total. The van der Waals surface area contributed by atoms with Crippen molar-refractivity contribution in [2.75, 3.05) is 39.9 Å². The van der Waals surface area contributed by atoms with Gasteiger partial charge in [-0.3, -0.25) is 4.90 Å². The SMILES string of the molecule is C=CCc1cc(CN2CCCC3(CCNCC3)C2)cc(OC)c1OCC. The Morgan fingerprint density at radius 2 is 2.08 bits per heavy atom. The summed E-state index contributed by atoms with van der Waals surface area (Å²) >= 11 is 0. The summed E-state index contributed by atoms with van der Waals surface area (Å²) in [6.07, 6.45) is 8.07. The average Bonchev–Trinajstić information content (AvgIpc) is 2.64. The molecule has 4 heteroatoms. The third kappa shape index (κ3) is 4.41. The molecule has 0 aromatic heterocycles. The minimum Gasteiger partial charge on any atom is -0.493 e. The summed E-state index contributed by atoms with van der Waals surface area (Å²) < 4.78 is 11.5. The highest BCUT2D eigenvalue weighted by molar-refractivity contribution is 5.50. The second-order valence-electron chi connectivity index (χ2n) is 7.78. The number of hydrogen-bond acceptors (Lipinski definition) is 4. The van der Waals surface area contributed by atoms with Gasteiger partial charge in [0.05, 0.1) is 13.7 Å². The van der Waals surface area contributed by atoms with Crippen molar-refractivity contribution in [2.24, 2.45) is 5.41 Å². The zero-order valence-electron chi connectivity index (χ0n) is 16.5. The molecule has 1 spiro atoms. The predicted octanol–water partition coefficient (Wildman–Crippen LogP) is 3.79. The Balaban J connectivity index is 1.77. The lowest BCUT2D eigenvalue weighted by Crippen LogP contribution is -2.48. The fourth-order valence-electron chi connectivity index (χ4n) is 4.65. The van der Waals surface area contributed by atoms with Crippen LogP contribution < -0.4 is 14.8 Å². The molecule has 0 radical (unpaired) electrons. The number of nitrogens with zero attached hydrogens (tertiary/aromatic N) is 1. The van der Waals surface area contributed by atoms with E-state index >= 15 is 0 Å². The number of likely N-dealkylation sites (tertiary alicyclic amines) is 1. The number of rotatable bonds is 7. The van der Waals surface area contributed by atoms with Gasteiger partial charge >= 0.3 is 0 Å². The van der Waals surface area contributed by atoms with E-state index in [4.69, 9.17) is 9.47 Å². The first-order valence-corrected chi connectivity index (χ1v) is 10.1. The Bertz CT molecular complexity index is 603. The lowest BCUT2D eigenvalue weighted by atomic mass is 9.73. The van der Waals surface area contributed by atoms with Gasteiger partial charge in [-0.25, -0.2) is 0 Å². The van der Waals surface area contributed by atoms with E-state index in [1.807, 2.05) is 13.0 Å². The number of piperidine rings is 2. The van der Waals surface area contributed by atoms with Crippen molar-refractivity contribution >= 4 is 0 Å². The molecule has 2 aliphatic rings. The Kier molecular flexibility index (Phi) is 6.60. The second kappa shape index (κ2) is 8.92. The van der Waals surface area contributed by atoms with Crippen LogP contribution >= 0.6 is 0 Å². The summed E-state index contributed by atoms with van der Waals surface area (Å²) in [7, 11) is 1.73. The first kappa shape index (κ1) is 19.2. The van der Waals surface area contributed by atoms with Gasteiger partial charge in [-0.15, -0.1) is 6.58 Å². The lowest BCUT2D eigenvalue weighted by Gasteiger charge is -2.45. The van der Waals surface area contributed by atoms with Crippen LogP contribution in [0.5, 0.6) is 11.5 Å². The van der Waals surface area contributed by atoms with Gasteiger partial charge in [0.2, 0.25) is 0 Å². The van der Waals surface area contributed by atoms with Crippen LogP contribution in [0.15, 0.2) is 24.8 Å². The van der Waals surface area contributed by atoms with Gasteiger partial charge < -0.3 is 14.8 Å². The molecule has 0 aliphatic carbocycles. The first-order chi connectivity index (χ1) is 12.7. The van der Waals surface area contributed by atoms with E-state index in [1.165, 1.54) is 63.0 Å². The fourth-order valence-corrected chi connectivity index (χ4v) is 4.65. The summed E-state index contributed by atoms with van der Waals surface area (Å²) in [4.78, 5) is 2.64. The number of allylic oxidation sites excluding steroid dienone is 1. The fraction of sp³-hybridized carbons (Fsp3) is 0.636. The van der Waals surface area contributed by atoms with Crippen LogP contribution in [0.2, 0.25) is 0 Å². The molecule has 2 aliphatic heterocycles. The summed E-state index contributed by atoms with van der Waals surface area (Å²) in [5.74, 6) is 1.71. The molecule has 144 valence electrons. The van der Waals surface area contributed by atoms with Crippen molar-refractivity contribution in [1.29, 1.82) is 0 Å². The van der Waals surface area contributed by atoms with Gasteiger partial charge in [-0.05, 0) is 75.7 Å². The molecule has 0 saturated carbocycles. The van der Waals surface area contributed by atoms with Crippen LogP contribution in [-0.4, -0.2) is 44.8 Å².